The molecule has 4 aromatic heterocycles. The topological polar surface area (TPSA) is 36.1 Å². The summed E-state index contributed by atoms with van der Waals surface area (Å²) in [5.41, 5.74) is 12.7. The van der Waals surface area contributed by atoms with Gasteiger partial charge in [0.2, 0.25) is 0 Å². The van der Waals surface area contributed by atoms with Gasteiger partial charge in [-0.2, -0.15) is 0 Å². The molecule has 0 aliphatic carbocycles. The standard InChI is InChI=1S/C48H28N2O2/c1-3-11-31(12-4-1)49-41-24-20-29(25-38(41)39-27-40-35-16-8-9-17-44(35)51-46(40)28-43(39)49)30-19-21-33-36-22-23-37-34-15-7-10-18-45(34)52-48(37)47(36)50(42(33)26-30)32-13-5-2-6-14-32/h1-28H. The van der Waals surface area contributed by atoms with Crippen molar-refractivity contribution in [1.82, 2.24) is 9.13 Å². The zero-order valence-electron chi connectivity index (χ0n) is 27.9. The Kier molecular flexibility index (Phi) is 5.47. The number of hydrogen-bond acceptors (Lipinski definition) is 2. The lowest BCUT2D eigenvalue weighted by atomic mass is 10.0. The van der Waals surface area contributed by atoms with Gasteiger partial charge in [-0.3, -0.25) is 0 Å². The molecule has 0 radical (unpaired) electrons. The summed E-state index contributed by atoms with van der Waals surface area (Å²) in [5.74, 6) is 0. The fourth-order valence-corrected chi connectivity index (χ4v) is 8.58. The predicted molar refractivity (Wildman–Crippen MR) is 215 cm³/mol. The summed E-state index contributed by atoms with van der Waals surface area (Å²) in [7, 11) is 0. The molecule has 0 fully saturated rings. The van der Waals surface area contributed by atoms with E-state index in [1.807, 2.05) is 18.2 Å². The molecule has 4 nitrogen and oxygen atoms in total. The fourth-order valence-electron chi connectivity index (χ4n) is 8.58. The maximum absolute atomic E-state index is 6.62. The summed E-state index contributed by atoms with van der Waals surface area (Å²) in [6.45, 7) is 0. The van der Waals surface area contributed by atoms with Crippen LogP contribution in [0, 0.1) is 0 Å². The first-order valence-corrected chi connectivity index (χ1v) is 17.7. The molecule has 0 unspecified atom stereocenters. The number of furan rings is 2. The first kappa shape index (κ1) is 27.7. The molecule has 8 aromatic carbocycles. The van der Waals surface area contributed by atoms with Crippen LogP contribution in [0.2, 0.25) is 0 Å². The van der Waals surface area contributed by atoms with Crippen molar-refractivity contribution in [3.05, 3.63) is 170 Å². The van der Waals surface area contributed by atoms with Gasteiger partial charge in [-0.15, -0.1) is 0 Å². The zero-order chi connectivity index (χ0) is 33.9. The van der Waals surface area contributed by atoms with E-state index < -0.39 is 0 Å². The van der Waals surface area contributed by atoms with Gasteiger partial charge in [-0.1, -0.05) is 97.1 Å². The number of hydrogen-bond donors (Lipinski definition) is 0. The molecule has 0 spiro atoms. The lowest BCUT2D eigenvalue weighted by Gasteiger charge is -2.10. The average molecular weight is 665 g/mol. The Morgan fingerprint density at radius 2 is 0.885 bits per heavy atom. The highest BCUT2D eigenvalue weighted by Crippen LogP contribution is 2.43. The molecular formula is C48H28N2O2. The molecule has 0 aliphatic rings. The van der Waals surface area contributed by atoms with Gasteiger partial charge in [0.05, 0.1) is 22.1 Å². The van der Waals surface area contributed by atoms with E-state index in [1.165, 1.54) is 21.5 Å². The van der Waals surface area contributed by atoms with Crippen LogP contribution in [0.25, 0.3) is 110 Å². The van der Waals surface area contributed by atoms with Gasteiger partial charge in [0.25, 0.3) is 0 Å². The number of nitrogens with zero attached hydrogens (tertiary/aromatic N) is 2. The minimum atomic E-state index is 0.895. The SMILES string of the molecule is c1ccc(-n2c3ccc(-c4ccc5c6ccc7c8ccccc8oc7c6n(-c6ccccc6)c5c4)cc3c3cc4c(cc32)oc2ccccc24)cc1. The molecule has 0 bridgehead atoms. The van der Waals surface area contributed by atoms with Crippen LogP contribution in [0.5, 0.6) is 0 Å². The summed E-state index contributed by atoms with van der Waals surface area (Å²) >= 11 is 0. The third kappa shape index (κ3) is 3.75. The van der Waals surface area contributed by atoms with Gasteiger partial charge >= 0.3 is 0 Å². The zero-order valence-corrected chi connectivity index (χ0v) is 27.9. The summed E-state index contributed by atoms with van der Waals surface area (Å²) in [6.07, 6.45) is 0. The normalized spacial score (nSPS) is 12.2. The number of fused-ring (bicyclic) bond motifs is 13. The van der Waals surface area contributed by atoms with Gasteiger partial charge in [0.1, 0.15) is 16.7 Å². The Bertz CT molecular complexity index is 3400. The van der Waals surface area contributed by atoms with Gasteiger partial charge < -0.3 is 18.0 Å². The average Bonchev–Trinajstić information content (AvgIpc) is 3.94. The lowest BCUT2D eigenvalue weighted by Crippen LogP contribution is -1.94. The molecule has 0 saturated carbocycles. The Labute approximate surface area is 296 Å². The molecule has 12 rings (SSSR count). The van der Waals surface area contributed by atoms with Gasteiger partial charge in [-0.05, 0) is 77.9 Å². The second-order valence-corrected chi connectivity index (χ2v) is 13.7. The summed E-state index contributed by atoms with van der Waals surface area (Å²) in [4.78, 5) is 0. The Morgan fingerprint density at radius 1 is 0.308 bits per heavy atom. The lowest BCUT2D eigenvalue weighted by molar-refractivity contribution is 0.669. The highest BCUT2D eigenvalue weighted by atomic mass is 16.3. The van der Waals surface area contributed by atoms with Gasteiger partial charge in [0, 0.05) is 60.5 Å². The van der Waals surface area contributed by atoms with E-state index in [-0.39, 0.29) is 0 Å². The molecular weight excluding hydrogens is 637 g/mol. The molecule has 4 heteroatoms. The minimum absolute atomic E-state index is 0.895. The van der Waals surface area contributed by atoms with Crippen molar-refractivity contribution in [3.8, 4) is 22.5 Å². The van der Waals surface area contributed by atoms with Crippen LogP contribution >= 0.6 is 0 Å². The molecule has 12 aromatic rings. The van der Waals surface area contributed by atoms with Crippen LogP contribution in [0.1, 0.15) is 0 Å². The molecule has 242 valence electrons. The smallest absolute Gasteiger partial charge is 0.160 e. The summed E-state index contributed by atoms with van der Waals surface area (Å²) < 4.78 is 17.7. The van der Waals surface area contributed by atoms with E-state index in [1.54, 1.807) is 0 Å². The molecule has 0 aliphatic heterocycles. The summed E-state index contributed by atoms with van der Waals surface area (Å²) in [5, 5.41) is 9.30. The summed E-state index contributed by atoms with van der Waals surface area (Å²) in [6, 6.07) is 60.6. The molecule has 4 heterocycles. The molecule has 0 N–H and O–H groups in total. The van der Waals surface area contributed by atoms with Crippen molar-refractivity contribution < 1.29 is 8.83 Å². The monoisotopic (exact) mass is 664 g/mol. The van der Waals surface area contributed by atoms with Gasteiger partial charge in [-0.25, -0.2) is 0 Å². The Balaban J connectivity index is 1.14. The van der Waals surface area contributed by atoms with E-state index in [2.05, 4.69) is 161 Å². The van der Waals surface area contributed by atoms with Crippen LogP contribution in [0.4, 0.5) is 0 Å². The van der Waals surface area contributed by atoms with E-state index in [9.17, 15) is 0 Å². The van der Waals surface area contributed by atoms with E-state index in [0.717, 1.165) is 88.4 Å². The highest BCUT2D eigenvalue weighted by molar-refractivity contribution is 6.22. The second kappa shape index (κ2) is 10.3. The van der Waals surface area contributed by atoms with Gasteiger partial charge in [0.15, 0.2) is 5.58 Å². The quantitative estimate of drug-likeness (QED) is 0.188. The third-order valence-corrected chi connectivity index (χ3v) is 10.9. The van der Waals surface area contributed by atoms with Crippen LogP contribution in [-0.2, 0) is 0 Å². The van der Waals surface area contributed by atoms with Crippen molar-refractivity contribution >= 4 is 87.5 Å². The van der Waals surface area contributed by atoms with E-state index in [0.29, 0.717) is 0 Å². The number of benzene rings is 8. The van der Waals surface area contributed by atoms with Crippen molar-refractivity contribution in [1.29, 1.82) is 0 Å². The van der Waals surface area contributed by atoms with E-state index >= 15 is 0 Å². The first-order valence-electron chi connectivity index (χ1n) is 17.7. The molecule has 52 heavy (non-hydrogen) atoms. The molecule has 0 saturated heterocycles. The van der Waals surface area contributed by atoms with Crippen LogP contribution in [0.15, 0.2) is 179 Å². The highest BCUT2D eigenvalue weighted by Gasteiger charge is 2.21. The van der Waals surface area contributed by atoms with E-state index in [4.69, 9.17) is 8.83 Å². The maximum atomic E-state index is 6.62. The van der Waals surface area contributed by atoms with Crippen LogP contribution in [0.3, 0.4) is 0 Å². The number of aromatic nitrogens is 2. The maximum Gasteiger partial charge on any atom is 0.160 e. The second-order valence-electron chi connectivity index (χ2n) is 13.7. The minimum Gasteiger partial charge on any atom is -0.456 e. The number of para-hydroxylation sites is 4. The number of rotatable bonds is 3. The molecule has 0 amide bonds. The van der Waals surface area contributed by atoms with Crippen LogP contribution in [-0.4, -0.2) is 9.13 Å². The molecule has 0 atom stereocenters. The van der Waals surface area contributed by atoms with Crippen molar-refractivity contribution in [3.63, 3.8) is 0 Å². The first-order chi connectivity index (χ1) is 25.8. The Morgan fingerprint density at radius 3 is 1.67 bits per heavy atom. The Hall–Kier alpha value is -7.04. The van der Waals surface area contributed by atoms with Crippen molar-refractivity contribution in [2.75, 3.05) is 0 Å². The fraction of sp³-hybridized carbons (Fsp3) is 0. The third-order valence-electron chi connectivity index (χ3n) is 10.9. The predicted octanol–water partition coefficient (Wildman–Crippen LogP) is 13.3. The van der Waals surface area contributed by atoms with Crippen LogP contribution < -0.4 is 0 Å². The van der Waals surface area contributed by atoms with Crippen molar-refractivity contribution in [2.45, 2.75) is 0 Å². The van der Waals surface area contributed by atoms with Crippen molar-refractivity contribution in [2.24, 2.45) is 0 Å². The largest absolute Gasteiger partial charge is 0.456 e.